The van der Waals surface area contributed by atoms with Gasteiger partial charge in [-0.3, -0.25) is 4.79 Å². The molecule has 0 amide bonds. The number of hydrogen-bond donors (Lipinski definition) is 1. The quantitative estimate of drug-likeness (QED) is 0.530. The van der Waals surface area contributed by atoms with Gasteiger partial charge in [-0.1, -0.05) is 27.2 Å². The van der Waals surface area contributed by atoms with Crippen molar-refractivity contribution in [1.82, 2.24) is 4.72 Å². The molecule has 0 heterocycles. The van der Waals surface area contributed by atoms with Crippen LogP contribution in [0.1, 0.15) is 40.0 Å². The van der Waals surface area contributed by atoms with Crippen LogP contribution in [0, 0.1) is 5.92 Å². The van der Waals surface area contributed by atoms with E-state index in [2.05, 4.69) is 4.72 Å². The predicted molar refractivity (Wildman–Crippen MR) is 67.1 cm³/mol. The third-order valence-electron chi connectivity index (χ3n) is 2.09. The SMILES string of the molecule is CCCCOC(=O)C(CC(C)C)NS(C)(=O)=O. The van der Waals surface area contributed by atoms with E-state index in [1.165, 1.54) is 0 Å². The van der Waals surface area contributed by atoms with Gasteiger partial charge in [0.1, 0.15) is 6.04 Å². The molecule has 0 spiro atoms. The molecule has 0 radical (unpaired) electrons. The highest BCUT2D eigenvalue weighted by Gasteiger charge is 2.24. The highest BCUT2D eigenvalue weighted by Crippen LogP contribution is 2.07. The number of hydrogen-bond acceptors (Lipinski definition) is 4. The number of carbonyl (C=O) groups excluding carboxylic acids is 1. The lowest BCUT2D eigenvalue weighted by atomic mass is 10.1. The summed E-state index contributed by atoms with van der Waals surface area (Å²) in [6, 6.07) is -0.776. The zero-order valence-corrected chi connectivity index (χ0v) is 11.8. The van der Waals surface area contributed by atoms with E-state index >= 15 is 0 Å². The van der Waals surface area contributed by atoms with E-state index in [4.69, 9.17) is 4.74 Å². The van der Waals surface area contributed by atoms with Crippen molar-refractivity contribution in [2.45, 2.75) is 46.1 Å². The van der Waals surface area contributed by atoms with Gasteiger partial charge in [-0.2, -0.15) is 0 Å². The maximum absolute atomic E-state index is 11.7. The van der Waals surface area contributed by atoms with Crippen LogP contribution in [0.4, 0.5) is 0 Å². The van der Waals surface area contributed by atoms with E-state index in [-0.39, 0.29) is 5.92 Å². The number of rotatable bonds is 8. The normalized spacial score (nSPS) is 13.7. The van der Waals surface area contributed by atoms with Crippen molar-refractivity contribution >= 4 is 16.0 Å². The minimum absolute atomic E-state index is 0.216. The zero-order chi connectivity index (χ0) is 13.5. The number of unbranched alkanes of at least 4 members (excludes halogenated alkanes) is 1. The molecular formula is C11H23NO4S. The smallest absolute Gasteiger partial charge is 0.324 e. The first-order valence-corrected chi connectivity index (χ1v) is 7.79. The van der Waals surface area contributed by atoms with E-state index in [0.29, 0.717) is 13.0 Å². The average molecular weight is 265 g/mol. The maximum Gasteiger partial charge on any atom is 0.324 e. The second-order valence-electron chi connectivity index (χ2n) is 4.59. The van der Waals surface area contributed by atoms with Crippen molar-refractivity contribution in [2.24, 2.45) is 5.92 Å². The first-order valence-electron chi connectivity index (χ1n) is 5.90. The average Bonchev–Trinajstić information content (AvgIpc) is 2.14. The van der Waals surface area contributed by atoms with Crippen molar-refractivity contribution in [1.29, 1.82) is 0 Å². The number of esters is 1. The van der Waals surface area contributed by atoms with Crippen molar-refractivity contribution < 1.29 is 17.9 Å². The van der Waals surface area contributed by atoms with Gasteiger partial charge < -0.3 is 4.74 Å². The maximum atomic E-state index is 11.7. The summed E-state index contributed by atoms with van der Waals surface area (Å²) < 4.78 is 29.6. The summed E-state index contributed by atoms with van der Waals surface area (Å²) in [7, 11) is -3.40. The molecule has 0 fully saturated rings. The fourth-order valence-electron chi connectivity index (χ4n) is 1.34. The standard InChI is InChI=1S/C11H23NO4S/c1-5-6-7-16-11(13)10(8-9(2)3)12-17(4,14)15/h9-10,12H,5-8H2,1-4H3. The van der Waals surface area contributed by atoms with Crippen molar-refractivity contribution in [2.75, 3.05) is 12.9 Å². The molecule has 0 aliphatic rings. The lowest BCUT2D eigenvalue weighted by Crippen LogP contribution is -2.42. The van der Waals surface area contributed by atoms with Crippen LogP contribution in [0.3, 0.4) is 0 Å². The lowest BCUT2D eigenvalue weighted by Gasteiger charge is -2.18. The first-order chi connectivity index (χ1) is 7.76. The number of ether oxygens (including phenoxy) is 1. The first kappa shape index (κ1) is 16.4. The van der Waals surface area contributed by atoms with Crippen LogP contribution in [0.2, 0.25) is 0 Å². The van der Waals surface area contributed by atoms with Gasteiger partial charge in [0.05, 0.1) is 12.9 Å². The fraction of sp³-hybridized carbons (Fsp3) is 0.909. The monoisotopic (exact) mass is 265 g/mol. The van der Waals surface area contributed by atoms with Crippen LogP contribution >= 0.6 is 0 Å². The summed E-state index contributed by atoms with van der Waals surface area (Å²) in [5, 5.41) is 0. The molecule has 0 aliphatic heterocycles. The molecule has 0 bridgehead atoms. The van der Waals surface area contributed by atoms with E-state index in [1.807, 2.05) is 20.8 Å². The van der Waals surface area contributed by atoms with E-state index in [1.54, 1.807) is 0 Å². The Bertz CT molecular complexity index is 324. The molecular weight excluding hydrogens is 242 g/mol. The largest absolute Gasteiger partial charge is 0.465 e. The van der Waals surface area contributed by atoms with Crippen LogP contribution in [0.25, 0.3) is 0 Å². The summed E-state index contributed by atoms with van der Waals surface area (Å²) in [6.07, 6.45) is 3.21. The summed E-state index contributed by atoms with van der Waals surface area (Å²) >= 11 is 0. The highest BCUT2D eigenvalue weighted by molar-refractivity contribution is 7.88. The summed E-state index contributed by atoms with van der Waals surface area (Å²) in [5.41, 5.74) is 0. The predicted octanol–water partition coefficient (Wildman–Crippen LogP) is 1.29. The lowest BCUT2D eigenvalue weighted by molar-refractivity contribution is -0.146. The molecule has 0 saturated heterocycles. The van der Waals surface area contributed by atoms with Crippen LogP contribution in [0.15, 0.2) is 0 Å². The molecule has 1 N–H and O–H groups in total. The van der Waals surface area contributed by atoms with Crippen LogP contribution in [0.5, 0.6) is 0 Å². The minimum atomic E-state index is -3.40. The second-order valence-corrected chi connectivity index (χ2v) is 6.37. The molecule has 0 saturated carbocycles. The topological polar surface area (TPSA) is 72.5 Å². The third kappa shape index (κ3) is 9.12. The third-order valence-corrected chi connectivity index (χ3v) is 2.80. The Labute approximate surface area is 104 Å². The molecule has 1 unspecified atom stereocenters. The molecule has 17 heavy (non-hydrogen) atoms. The zero-order valence-electron chi connectivity index (χ0n) is 11.0. The fourth-order valence-corrected chi connectivity index (χ4v) is 2.05. The Hall–Kier alpha value is -0.620. The Morgan fingerprint density at radius 1 is 1.35 bits per heavy atom. The van der Waals surface area contributed by atoms with Crippen LogP contribution in [-0.4, -0.2) is 33.3 Å². The van der Waals surface area contributed by atoms with E-state index < -0.39 is 22.0 Å². The Balaban J connectivity index is 4.40. The molecule has 102 valence electrons. The summed E-state index contributed by atoms with van der Waals surface area (Å²) in [6.45, 7) is 6.19. The minimum Gasteiger partial charge on any atom is -0.465 e. The van der Waals surface area contributed by atoms with Crippen molar-refractivity contribution in [3.8, 4) is 0 Å². The number of sulfonamides is 1. The van der Waals surface area contributed by atoms with Crippen molar-refractivity contribution in [3.63, 3.8) is 0 Å². The molecule has 0 aromatic carbocycles. The molecule has 0 aromatic heterocycles. The molecule has 0 aromatic rings. The number of carbonyl (C=O) groups is 1. The van der Waals surface area contributed by atoms with Gasteiger partial charge in [0.15, 0.2) is 0 Å². The van der Waals surface area contributed by atoms with Gasteiger partial charge in [-0.15, -0.1) is 0 Å². The van der Waals surface area contributed by atoms with Gasteiger partial charge >= 0.3 is 5.97 Å². The van der Waals surface area contributed by atoms with Gasteiger partial charge in [-0.05, 0) is 18.8 Å². The molecule has 1 atom stereocenters. The molecule has 0 rings (SSSR count). The van der Waals surface area contributed by atoms with Gasteiger partial charge in [-0.25, -0.2) is 13.1 Å². The van der Waals surface area contributed by atoms with Gasteiger partial charge in [0, 0.05) is 0 Å². The van der Waals surface area contributed by atoms with E-state index in [0.717, 1.165) is 19.1 Å². The van der Waals surface area contributed by atoms with Gasteiger partial charge in [0.2, 0.25) is 10.0 Å². The molecule has 6 heteroatoms. The second kappa shape index (κ2) is 7.66. The molecule has 0 aliphatic carbocycles. The Morgan fingerprint density at radius 3 is 2.35 bits per heavy atom. The summed E-state index contributed by atoms with van der Waals surface area (Å²) in [4.78, 5) is 11.7. The van der Waals surface area contributed by atoms with Gasteiger partial charge in [0.25, 0.3) is 0 Å². The summed E-state index contributed by atoms with van der Waals surface area (Å²) in [5.74, 6) is -0.273. The van der Waals surface area contributed by atoms with E-state index in [9.17, 15) is 13.2 Å². The highest BCUT2D eigenvalue weighted by atomic mass is 32.2. The van der Waals surface area contributed by atoms with Crippen LogP contribution < -0.4 is 4.72 Å². The number of nitrogens with one attached hydrogen (secondary N) is 1. The van der Waals surface area contributed by atoms with Crippen molar-refractivity contribution in [3.05, 3.63) is 0 Å². The van der Waals surface area contributed by atoms with Crippen LogP contribution in [-0.2, 0) is 19.6 Å². The Kier molecular flexibility index (Phi) is 7.38. The Morgan fingerprint density at radius 2 is 1.94 bits per heavy atom. The molecule has 5 nitrogen and oxygen atoms in total.